The lowest BCUT2D eigenvalue weighted by atomic mass is 10.2. The molecule has 0 aliphatic heterocycles. The maximum Gasteiger partial charge on any atom is 0.243 e. The molecule has 10 heteroatoms. The summed E-state index contributed by atoms with van der Waals surface area (Å²) in [5, 5.41) is 5.18. The van der Waals surface area contributed by atoms with Crippen LogP contribution in [0.1, 0.15) is 6.92 Å². The van der Waals surface area contributed by atoms with E-state index < -0.39 is 22.5 Å². The Balaban J connectivity index is 2.11. The van der Waals surface area contributed by atoms with Gasteiger partial charge in [0, 0.05) is 25.7 Å². The fraction of sp³-hybridized carbons (Fsp3) is 0.263. The van der Waals surface area contributed by atoms with Crippen molar-refractivity contribution in [3.8, 4) is 11.5 Å². The van der Waals surface area contributed by atoms with Crippen LogP contribution in [0.25, 0.3) is 0 Å². The van der Waals surface area contributed by atoms with Gasteiger partial charge in [0.05, 0.1) is 31.3 Å². The van der Waals surface area contributed by atoms with E-state index in [9.17, 15) is 18.0 Å². The van der Waals surface area contributed by atoms with Crippen molar-refractivity contribution in [3.63, 3.8) is 0 Å². The Morgan fingerprint density at radius 3 is 2.21 bits per heavy atom. The SMILES string of the molecule is COc1ccc(OC)c(NC(=O)CN(C)S(=O)(=O)c2ccc(NC(C)=O)cc2)c1. The number of amides is 2. The van der Waals surface area contributed by atoms with Crippen molar-refractivity contribution in [2.24, 2.45) is 0 Å². The molecule has 0 heterocycles. The molecule has 0 fully saturated rings. The minimum atomic E-state index is -3.90. The largest absolute Gasteiger partial charge is 0.497 e. The third-order valence-electron chi connectivity index (χ3n) is 3.93. The number of benzene rings is 2. The summed E-state index contributed by atoms with van der Waals surface area (Å²) in [5.74, 6) is 0.124. The van der Waals surface area contributed by atoms with Crippen LogP contribution in [0.2, 0.25) is 0 Å². The Hall–Kier alpha value is -3.11. The summed E-state index contributed by atoms with van der Waals surface area (Å²) in [4.78, 5) is 23.4. The lowest BCUT2D eigenvalue weighted by Crippen LogP contribution is -2.35. The Morgan fingerprint density at radius 2 is 1.66 bits per heavy atom. The number of rotatable bonds is 8. The van der Waals surface area contributed by atoms with Crippen LogP contribution in [0, 0.1) is 0 Å². The average Bonchev–Trinajstić information content (AvgIpc) is 2.67. The molecule has 2 N–H and O–H groups in total. The molecule has 0 aliphatic carbocycles. The smallest absolute Gasteiger partial charge is 0.243 e. The van der Waals surface area contributed by atoms with Gasteiger partial charge in [-0.2, -0.15) is 4.31 Å². The fourth-order valence-corrected chi connectivity index (χ4v) is 3.61. The molecule has 9 nitrogen and oxygen atoms in total. The van der Waals surface area contributed by atoms with Gasteiger partial charge >= 0.3 is 0 Å². The fourth-order valence-electron chi connectivity index (χ4n) is 2.48. The van der Waals surface area contributed by atoms with Crippen LogP contribution in [0.3, 0.4) is 0 Å². The maximum absolute atomic E-state index is 12.7. The number of hydrogen-bond acceptors (Lipinski definition) is 6. The second-order valence-electron chi connectivity index (χ2n) is 6.08. The highest BCUT2D eigenvalue weighted by Gasteiger charge is 2.23. The van der Waals surface area contributed by atoms with Gasteiger partial charge in [-0.1, -0.05) is 0 Å². The van der Waals surface area contributed by atoms with Crippen molar-refractivity contribution >= 4 is 33.2 Å². The third-order valence-corrected chi connectivity index (χ3v) is 5.75. The zero-order valence-corrected chi connectivity index (χ0v) is 17.4. The number of nitrogens with one attached hydrogen (secondary N) is 2. The minimum Gasteiger partial charge on any atom is -0.497 e. The van der Waals surface area contributed by atoms with Crippen molar-refractivity contribution in [2.45, 2.75) is 11.8 Å². The summed E-state index contributed by atoms with van der Waals surface area (Å²) in [6, 6.07) is 10.6. The third kappa shape index (κ3) is 5.69. The summed E-state index contributed by atoms with van der Waals surface area (Å²) in [5.41, 5.74) is 0.837. The van der Waals surface area contributed by atoms with E-state index >= 15 is 0 Å². The number of sulfonamides is 1. The van der Waals surface area contributed by atoms with Crippen LogP contribution in [-0.4, -0.2) is 52.3 Å². The number of carbonyl (C=O) groups is 2. The first-order chi connectivity index (χ1) is 13.7. The number of anilines is 2. The zero-order chi connectivity index (χ0) is 21.6. The van der Waals surface area contributed by atoms with Gasteiger partial charge in [-0.3, -0.25) is 9.59 Å². The summed E-state index contributed by atoms with van der Waals surface area (Å²) >= 11 is 0. The lowest BCUT2D eigenvalue weighted by molar-refractivity contribution is -0.116. The van der Waals surface area contributed by atoms with E-state index in [2.05, 4.69) is 10.6 Å². The van der Waals surface area contributed by atoms with Gasteiger partial charge in [0.15, 0.2) is 0 Å². The van der Waals surface area contributed by atoms with Gasteiger partial charge in [0.1, 0.15) is 11.5 Å². The van der Waals surface area contributed by atoms with E-state index in [-0.39, 0.29) is 10.8 Å². The first kappa shape index (κ1) is 22.2. The van der Waals surface area contributed by atoms with Gasteiger partial charge in [0.25, 0.3) is 0 Å². The van der Waals surface area contributed by atoms with E-state index in [4.69, 9.17) is 9.47 Å². The molecule has 0 atom stereocenters. The Morgan fingerprint density at radius 1 is 1.00 bits per heavy atom. The quantitative estimate of drug-likeness (QED) is 0.673. The second-order valence-corrected chi connectivity index (χ2v) is 8.13. The Labute approximate surface area is 169 Å². The predicted molar refractivity (Wildman–Crippen MR) is 109 cm³/mol. The van der Waals surface area contributed by atoms with Crippen molar-refractivity contribution < 1.29 is 27.5 Å². The van der Waals surface area contributed by atoms with Crippen molar-refractivity contribution in [3.05, 3.63) is 42.5 Å². The molecule has 2 aromatic rings. The van der Waals surface area contributed by atoms with Crippen LogP contribution in [0.15, 0.2) is 47.4 Å². The maximum atomic E-state index is 12.7. The average molecular weight is 421 g/mol. The number of ether oxygens (including phenoxy) is 2. The van der Waals surface area contributed by atoms with E-state index in [1.165, 1.54) is 52.5 Å². The molecule has 0 unspecified atom stereocenters. The summed E-state index contributed by atoms with van der Waals surface area (Å²) < 4.78 is 36.6. The molecule has 0 saturated heterocycles. The van der Waals surface area contributed by atoms with Gasteiger partial charge in [0.2, 0.25) is 21.8 Å². The highest BCUT2D eigenvalue weighted by Crippen LogP contribution is 2.29. The molecule has 0 radical (unpaired) electrons. The van der Waals surface area contributed by atoms with Crippen molar-refractivity contribution in [2.75, 3.05) is 38.4 Å². The molecule has 156 valence electrons. The molecule has 0 spiro atoms. The Bertz CT molecular complexity index is 990. The van der Waals surface area contributed by atoms with Crippen molar-refractivity contribution in [1.82, 2.24) is 4.31 Å². The van der Waals surface area contributed by atoms with E-state index in [0.717, 1.165) is 4.31 Å². The normalized spacial score (nSPS) is 11.1. The van der Waals surface area contributed by atoms with Crippen LogP contribution in [0.5, 0.6) is 11.5 Å². The van der Waals surface area contributed by atoms with Crippen molar-refractivity contribution in [1.29, 1.82) is 0 Å². The molecule has 0 aromatic heterocycles. The molecule has 2 aromatic carbocycles. The van der Waals surface area contributed by atoms with Crippen LogP contribution < -0.4 is 20.1 Å². The number of nitrogens with zero attached hydrogens (tertiary/aromatic N) is 1. The molecule has 0 saturated carbocycles. The van der Waals surface area contributed by atoms with Crippen LogP contribution in [-0.2, 0) is 19.6 Å². The second kappa shape index (κ2) is 9.39. The standard InChI is InChI=1S/C19H23N3O6S/c1-13(23)20-14-5-8-16(9-6-14)29(25,26)22(2)12-19(24)21-17-11-15(27-3)7-10-18(17)28-4/h5-11H,12H2,1-4H3,(H,20,23)(H,21,24). The van der Waals surface area contributed by atoms with Crippen LogP contribution >= 0.6 is 0 Å². The number of likely N-dealkylation sites (N-methyl/N-ethyl adjacent to an activating group) is 1. The highest BCUT2D eigenvalue weighted by molar-refractivity contribution is 7.89. The van der Waals surface area contributed by atoms with E-state index in [1.807, 2.05) is 0 Å². The monoisotopic (exact) mass is 421 g/mol. The first-order valence-corrected chi connectivity index (χ1v) is 9.97. The molecule has 2 rings (SSSR count). The van der Waals surface area contributed by atoms with Crippen LogP contribution in [0.4, 0.5) is 11.4 Å². The Kier molecular flexibility index (Phi) is 7.18. The number of carbonyl (C=O) groups excluding carboxylic acids is 2. The highest BCUT2D eigenvalue weighted by atomic mass is 32.2. The molecule has 29 heavy (non-hydrogen) atoms. The van der Waals surface area contributed by atoms with Gasteiger partial charge in [-0.15, -0.1) is 0 Å². The van der Waals surface area contributed by atoms with E-state index in [0.29, 0.717) is 22.9 Å². The molecule has 0 aliphatic rings. The zero-order valence-electron chi connectivity index (χ0n) is 16.6. The predicted octanol–water partition coefficient (Wildman–Crippen LogP) is 1.92. The summed E-state index contributed by atoms with van der Waals surface area (Å²) in [7, 11) is 0.357. The van der Waals surface area contributed by atoms with Gasteiger partial charge < -0.3 is 20.1 Å². The topological polar surface area (TPSA) is 114 Å². The summed E-state index contributed by atoms with van der Waals surface area (Å²) in [6.45, 7) is 0.949. The summed E-state index contributed by atoms with van der Waals surface area (Å²) in [6.07, 6.45) is 0. The molecular formula is C19H23N3O6S. The first-order valence-electron chi connectivity index (χ1n) is 8.53. The molecule has 0 bridgehead atoms. The van der Waals surface area contributed by atoms with Gasteiger partial charge in [-0.05, 0) is 36.4 Å². The number of methoxy groups -OCH3 is 2. The molecular weight excluding hydrogens is 398 g/mol. The number of hydrogen-bond donors (Lipinski definition) is 2. The minimum absolute atomic E-state index is 0.000799. The van der Waals surface area contributed by atoms with E-state index in [1.54, 1.807) is 18.2 Å². The van der Waals surface area contributed by atoms with Gasteiger partial charge in [-0.25, -0.2) is 8.42 Å². The molecule has 2 amide bonds. The lowest BCUT2D eigenvalue weighted by Gasteiger charge is -2.18.